The first kappa shape index (κ1) is 16.8. The van der Waals surface area contributed by atoms with Crippen molar-refractivity contribution < 1.29 is 8.91 Å². The highest BCUT2D eigenvalue weighted by atomic mass is 19.1. The molecule has 6 nitrogen and oxygen atoms in total. The van der Waals surface area contributed by atoms with Crippen LogP contribution in [0, 0.1) is 5.82 Å². The van der Waals surface area contributed by atoms with E-state index in [-0.39, 0.29) is 11.7 Å². The van der Waals surface area contributed by atoms with Crippen LogP contribution in [0.2, 0.25) is 0 Å². The number of para-hydroxylation sites is 1. The van der Waals surface area contributed by atoms with Crippen molar-refractivity contribution >= 4 is 0 Å². The lowest BCUT2D eigenvalue weighted by molar-refractivity contribution is 0.430. The molecule has 0 aliphatic heterocycles. The van der Waals surface area contributed by atoms with Gasteiger partial charge in [0.05, 0.1) is 5.69 Å². The van der Waals surface area contributed by atoms with Crippen molar-refractivity contribution in [1.82, 2.24) is 25.1 Å². The smallest absolute Gasteiger partial charge is 0.280 e. The largest absolute Gasteiger partial charge is 0.332 e. The van der Waals surface area contributed by atoms with Gasteiger partial charge in [0.2, 0.25) is 5.82 Å². The highest BCUT2D eigenvalue weighted by Gasteiger charge is 2.30. The van der Waals surface area contributed by atoms with E-state index < -0.39 is 0 Å². The molecule has 0 N–H and O–H groups in total. The van der Waals surface area contributed by atoms with E-state index in [1.54, 1.807) is 22.9 Å². The van der Waals surface area contributed by atoms with Crippen molar-refractivity contribution in [3.05, 3.63) is 66.1 Å². The van der Waals surface area contributed by atoms with E-state index in [4.69, 9.17) is 4.52 Å². The molecule has 2 aromatic carbocycles. The van der Waals surface area contributed by atoms with Gasteiger partial charge in [-0.2, -0.15) is 4.98 Å². The Morgan fingerprint density at radius 1 is 0.964 bits per heavy atom. The topological polar surface area (TPSA) is 69.6 Å². The second kappa shape index (κ2) is 6.99. The number of nitrogens with zero attached hydrogens (tertiary/aromatic N) is 5. The molecule has 0 radical (unpaired) electrons. The molecule has 0 amide bonds. The Kier molecular flexibility index (Phi) is 4.20. The maximum atomic E-state index is 14.4. The molecule has 4 aromatic rings. The number of rotatable bonds is 4. The van der Waals surface area contributed by atoms with Crippen LogP contribution in [0.3, 0.4) is 0 Å². The quantitative estimate of drug-likeness (QED) is 0.513. The highest BCUT2D eigenvalue weighted by Crippen LogP contribution is 2.39. The summed E-state index contributed by atoms with van der Waals surface area (Å²) in [6.45, 7) is 0. The third-order valence-electron chi connectivity index (χ3n) is 5.19. The first-order chi connectivity index (χ1) is 13.8. The zero-order valence-corrected chi connectivity index (χ0v) is 15.1. The van der Waals surface area contributed by atoms with E-state index in [0.29, 0.717) is 23.1 Å². The molecule has 1 fully saturated rings. The van der Waals surface area contributed by atoms with Gasteiger partial charge in [0.1, 0.15) is 11.5 Å². The van der Waals surface area contributed by atoms with Crippen LogP contribution in [0.4, 0.5) is 4.39 Å². The zero-order chi connectivity index (χ0) is 18.9. The fourth-order valence-corrected chi connectivity index (χ4v) is 3.83. The third kappa shape index (κ3) is 2.89. The summed E-state index contributed by atoms with van der Waals surface area (Å²) in [5.41, 5.74) is 2.61. The minimum Gasteiger partial charge on any atom is -0.332 e. The minimum absolute atomic E-state index is 0.233. The standard InChI is InChI=1S/C21H18FN5O/c22-16-12-6-7-13-17(16)27-19(14-8-4-5-9-14)18(24-26-27)21-23-20(25-28-21)15-10-2-1-3-11-15/h1-3,6-7,10-14H,4-5,8-9H2. The molecule has 1 aliphatic carbocycles. The maximum Gasteiger partial charge on any atom is 0.280 e. The van der Waals surface area contributed by atoms with Crippen molar-refractivity contribution in [3.63, 3.8) is 0 Å². The summed E-state index contributed by atoms with van der Waals surface area (Å²) < 4.78 is 21.5. The monoisotopic (exact) mass is 375 g/mol. The molecule has 0 spiro atoms. The minimum atomic E-state index is -0.339. The lowest BCUT2D eigenvalue weighted by atomic mass is 10.0. The number of hydrogen-bond acceptors (Lipinski definition) is 5. The molecule has 2 heterocycles. The second-order valence-corrected chi connectivity index (χ2v) is 6.96. The van der Waals surface area contributed by atoms with Crippen molar-refractivity contribution in [1.29, 1.82) is 0 Å². The fraction of sp³-hybridized carbons (Fsp3) is 0.238. The Bertz CT molecular complexity index is 1100. The Morgan fingerprint density at radius 2 is 1.71 bits per heavy atom. The van der Waals surface area contributed by atoms with Crippen LogP contribution in [-0.2, 0) is 0 Å². The van der Waals surface area contributed by atoms with Gasteiger partial charge < -0.3 is 4.52 Å². The van der Waals surface area contributed by atoms with Gasteiger partial charge in [0, 0.05) is 11.5 Å². The molecular formula is C21H18FN5O. The van der Waals surface area contributed by atoms with Crippen LogP contribution in [0.15, 0.2) is 59.1 Å². The van der Waals surface area contributed by atoms with Gasteiger partial charge in [0.15, 0.2) is 5.69 Å². The van der Waals surface area contributed by atoms with Crippen molar-refractivity contribution in [2.45, 2.75) is 31.6 Å². The highest BCUT2D eigenvalue weighted by molar-refractivity contribution is 5.59. The zero-order valence-electron chi connectivity index (χ0n) is 15.1. The average molecular weight is 375 g/mol. The van der Waals surface area contributed by atoms with E-state index in [2.05, 4.69) is 20.5 Å². The molecule has 1 aliphatic rings. The third-order valence-corrected chi connectivity index (χ3v) is 5.19. The molecule has 7 heteroatoms. The maximum absolute atomic E-state index is 14.4. The van der Waals surface area contributed by atoms with E-state index in [0.717, 1.165) is 36.9 Å². The molecule has 0 bridgehead atoms. The summed E-state index contributed by atoms with van der Waals surface area (Å²) in [7, 11) is 0. The molecule has 0 unspecified atom stereocenters. The molecule has 0 atom stereocenters. The second-order valence-electron chi connectivity index (χ2n) is 6.96. The summed E-state index contributed by atoms with van der Waals surface area (Å²) in [5, 5.41) is 12.6. The normalized spacial score (nSPS) is 14.6. The van der Waals surface area contributed by atoms with Gasteiger partial charge in [-0.1, -0.05) is 65.7 Å². The number of benzene rings is 2. The van der Waals surface area contributed by atoms with Crippen LogP contribution in [0.1, 0.15) is 37.3 Å². The Hall–Kier alpha value is -3.35. The number of aromatic nitrogens is 5. The van der Waals surface area contributed by atoms with Gasteiger partial charge in [-0.05, 0) is 25.0 Å². The lowest BCUT2D eigenvalue weighted by Crippen LogP contribution is -2.08. The predicted molar refractivity (Wildman–Crippen MR) is 101 cm³/mol. The molecule has 0 saturated heterocycles. The summed E-state index contributed by atoms with van der Waals surface area (Å²) in [6, 6.07) is 16.2. The molecule has 28 heavy (non-hydrogen) atoms. The number of hydrogen-bond donors (Lipinski definition) is 0. The average Bonchev–Trinajstić information content (AvgIpc) is 3.48. The van der Waals surface area contributed by atoms with Crippen LogP contribution in [0.25, 0.3) is 28.7 Å². The molecule has 140 valence electrons. The van der Waals surface area contributed by atoms with Crippen LogP contribution in [0.5, 0.6) is 0 Å². The van der Waals surface area contributed by atoms with Crippen molar-refractivity contribution in [3.8, 4) is 28.7 Å². The number of halogens is 1. The molecule has 5 rings (SSSR count). The van der Waals surface area contributed by atoms with Crippen LogP contribution in [-0.4, -0.2) is 25.1 Å². The van der Waals surface area contributed by atoms with Crippen molar-refractivity contribution in [2.24, 2.45) is 0 Å². The van der Waals surface area contributed by atoms with Gasteiger partial charge in [-0.15, -0.1) is 5.10 Å². The molecule has 1 saturated carbocycles. The first-order valence-corrected chi connectivity index (χ1v) is 9.41. The van der Waals surface area contributed by atoms with Gasteiger partial charge in [0.25, 0.3) is 5.89 Å². The van der Waals surface area contributed by atoms with Crippen LogP contribution < -0.4 is 0 Å². The first-order valence-electron chi connectivity index (χ1n) is 9.41. The molecular weight excluding hydrogens is 357 g/mol. The summed E-state index contributed by atoms with van der Waals surface area (Å²) in [5.74, 6) is 0.696. The van der Waals surface area contributed by atoms with E-state index in [1.807, 2.05) is 30.3 Å². The lowest BCUT2D eigenvalue weighted by Gasteiger charge is -2.13. The predicted octanol–water partition coefficient (Wildman–Crippen LogP) is 4.78. The Morgan fingerprint density at radius 3 is 2.50 bits per heavy atom. The van der Waals surface area contributed by atoms with Gasteiger partial charge in [-0.25, -0.2) is 9.07 Å². The Balaban J connectivity index is 1.62. The summed E-state index contributed by atoms with van der Waals surface area (Å²) in [4.78, 5) is 4.52. The van der Waals surface area contributed by atoms with Crippen LogP contribution >= 0.6 is 0 Å². The van der Waals surface area contributed by atoms with Gasteiger partial charge in [-0.3, -0.25) is 0 Å². The van der Waals surface area contributed by atoms with Gasteiger partial charge >= 0.3 is 0 Å². The van der Waals surface area contributed by atoms with E-state index in [9.17, 15) is 4.39 Å². The SMILES string of the molecule is Fc1ccccc1-n1nnc(-c2nc(-c3ccccc3)no2)c1C1CCCC1. The van der Waals surface area contributed by atoms with Crippen molar-refractivity contribution in [2.75, 3.05) is 0 Å². The molecule has 2 aromatic heterocycles. The van der Waals surface area contributed by atoms with E-state index >= 15 is 0 Å². The summed E-state index contributed by atoms with van der Waals surface area (Å²) >= 11 is 0. The Labute approximate surface area is 161 Å². The summed E-state index contributed by atoms with van der Waals surface area (Å²) in [6.07, 6.45) is 4.28. The fourth-order valence-electron chi connectivity index (χ4n) is 3.83. The van der Waals surface area contributed by atoms with E-state index in [1.165, 1.54) is 6.07 Å².